The minimum atomic E-state index is 0.362. The minimum absolute atomic E-state index is 0.362. The summed E-state index contributed by atoms with van der Waals surface area (Å²) >= 11 is 0. The van der Waals surface area contributed by atoms with E-state index in [1.165, 1.54) is 19.5 Å². The van der Waals surface area contributed by atoms with Gasteiger partial charge in [-0.05, 0) is 33.5 Å². The Morgan fingerprint density at radius 2 is 2.23 bits per heavy atom. The summed E-state index contributed by atoms with van der Waals surface area (Å²) in [5, 5.41) is 0. The first-order chi connectivity index (χ1) is 6.13. The number of likely N-dealkylation sites (tertiary alicyclic amines) is 1. The molecule has 0 saturated carbocycles. The average molecular weight is 185 g/mol. The maximum atomic E-state index is 5.92. The van der Waals surface area contributed by atoms with Gasteiger partial charge in [0.1, 0.15) is 0 Å². The van der Waals surface area contributed by atoms with Gasteiger partial charge in [0.2, 0.25) is 0 Å². The van der Waals surface area contributed by atoms with Gasteiger partial charge < -0.3 is 15.5 Å². The first-order valence-corrected chi connectivity index (χ1v) is 5.27. The second-order valence-corrected chi connectivity index (χ2v) is 4.33. The van der Waals surface area contributed by atoms with Gasteiger partial charge in [-0.1, -0.05) is 6.92 Å². The van der Waals surface area contributed by atoms with Crippen LogP contribution >= 0.6 is 0 Å². The van der Waals surface area contributed by atoms with Gasteiger partial charge in [-0.15, -0.1) is 0 Å². The van der Waals surface area contributed by atoms with Crippen molar-refractivity contribution in [2.24, 2.45) is 5.73 Å². The van der Waals surface area contributed by atoms with E-state index in [9.17, 15) is 0 Å². The van der Waals surface area contributed by atoms with Crippen molar-refractivity contribution in [3.8, 4) is 0 Å². The number of nitrogens with zero attached hydrogens (tertiary/aromatic N) is 2. The van der Waals surface area contributed by atoms with E-state index in [1.54, 1.807) is 0 Å². The predicted molar refractivity (Wildman–Crippen MR) is 56.8 cm³/mol. The van der Waals surface area contributed by atoms with E-state index in [0.29, 0.717) is 6.04 Å². The SMILES string of the molecule is CCC(N)CN1CCC(N(C)C)C1. The minimum Gasteiger partial charge on any atom is -0.327 e. The fourth-order valence-electron chi connectivity index (χ4n) is 1.86. The number of hydrogen-bond donors (Lipinski definition) is 1. The first kappa shape index (κ1) is 11.0. The normalized spacial score (nSPS) is 27.0. The summed E-state index contributed by atoms with van der Waals surface area (Å²) in [4.78, 5) is 4.80. The summed E-state index contributed by atoms with van der Waals surface area (Å²) in [6.45, 7) is 5.64. The van der Waals surface area contributed by atoms with Crippen molar-refractivity contribution in [3.63, 3.8) is 0 Å². The third kappa shape index (κ3) is 3.25. The van der Waals surface area contributed by atoms with Crippen LogP contribution in [0.3, 0.4) is 0 Å². The fraction of sp³-hybridized carbons (Fsp3) is 1.00. The molecule has 0 aromatic carbocycles. The molecular weight excluding hydrogens is 162 g/mol. The Balaban J connectivity index is 2.25. The molecule has 1 aliphatic heterocycles. The third-order valence-corrected chi connectivity index (χ3v) is 2.99. The molecule has 13 heavy (non-hydrogen) atoms. The van der Waals surface area contributed by atoms with Gasteiger partial charge in [0.15, 0.2) is 0 Å². The molecule has 1 saturated heterocycles. The van der Waals surface area contributed by atoms with E-state index >= 15 is 0 Å². The molecular formula is C10H23N3. The van der Waals surface area contributed by atoms with Crippen molar-refractivity contribution in [1.29, 1.82) is 0 Å². The number of hydrogen-bond acceptors (Lipinski definition) is 3. The monoisotopic (exact) mass is 185 g/mol. The van der Waals surface area contributed by atoms with Gasteiger partial charge in [-0.25, -0.2) is 0 Å². The van der Waals surface area contributed by atoms with Crippen LogP contribution < -0.4 is 5.73 Å². The zero-order valence-corrected chi connectivity index (χ0v) is 9.16. The molecule has 2 unspecified atom stereocenters. The summed E-state index contributed by atoms with van der Waals surface area (Å²) < 4.78 is 0. The quantitative estimate of drug-likeness (QED) is 0.686. The maximum Gasteiger partial charge on any atom is 0.0229 e. The summed E-state index contributed by atoms with van der Waals surface area (Å²) in [7, 11) is 4.32. The van der Waals surface area contributed by atoms with E-state index in [0.717, 1.165) is 19.0 Å². The van der Waals surface area contributed by atoms with Gasteiger partial charge in [0.25, 0.3) is 0 Å². The number of nitrogens with two attached hydrogens (primary N) is 1. The molecule has 78 valence electrons. The zero-order valence-electron chi connectivity index (χ0n) is 9.16. The van der Waals surface area contributed by atoms with E-state index in [4.69, 9.17) is 5.73 Å². The smallest absolute Gasteiger partial charge is 0.0229 e. The molecule has 3 heteroatoms. The Morgan fingerprint density at radius 1 is 1.54 bits per heavy atom. The van der Waals surface area contributed by atoms with Crippen LogP contribution in [0.2, 0.25) is 0 Å². The van der Waals surface area contributed by atoms with Gasteiger partial charge in [-0.2, -0.15) is 0 Å². The molecule has 0 spiro atoms. The van der Waals surface area contributed by atoms with Gasteiger partial charge >= 0.3 is 0 Å². The standard InChI is InChI=1S/C10H23N3/c1-4-9(11)7-13-6-5-10(8-13)12(2)3/h9-10H,4-8,11H2,1-3H3. The van der Waals surface area contributed by atoms with Crippen molar-refractivity contribution in [2.45, 2.75) is 31.8 Å². The van der Waals surface area contributed by atoms with Crippen molar-refractivity contribution in [2.75, 3.05) is 33.7 Å². The molecule has 1 aliphatic rings. The molecule has 0 amide bonds. The summed E-state index contributed by atoms with van der Waals surface area (Å²) in [6, 6.07) is 1.10. The van der Waals surface area contributed by atoms with Crippen LogP contribution in [-0.4, -0.2) is 55.6 Å². The Kier molecular flexibility index (Phi) is 4.16. The van der Waals surface area contributed by atoms with Crippen LogP contribution in [0.4, 0.5) is 0 Å². The first-order valence-electron chi connectivity index (χ1n) is 5.27. The highest BCUT2D eigenvalue weighted by Crippen LogP contribution is 2.13. The molecule has 1 heterocycles. The highest BCUT2D eigenvalue weighted by Gasteiger charge is 2.24. The predicted octanol–water partition coefficient (Wildman–Crippen LogP) is 0.360. The van der Waals surface area contributed by atoms with Crippen molar-refractivity contribution >= 4 is 0 Å². The molecule has 0 aromatic heterocycles. The Morgan fingerprint density at radius 3 is 2.69 bits per heavy atom. The van der Waals surface area contributed by atoms with Crippen LogP contribution in [0.15, 0.2) is 0 Å². The van der Waals surface area contributed by atoms with E-state index in [2.05, 4.69) is 30.8 Å². The van der Waals surface area contributed by atoms with E-state index in [1.807, 2.05) is 0 Å². The summed E-state index contributed by atoms with van der Waals surface area (Å²) in [5.41, 5.74) is 5.92. The molecule has 0 aliphatic carbocycles. The second kappa shape index (κ2) is 4.94. The molecule has 0 radical (unpaired) electrons. The van der Waals surface area contributed by atoms with Gasteiger partial charge in [0, 0.05) is 25.2 Å². The molecule has 2 N–H and O–H groups in total. The number of rotatable bonds is 4. The third-order valence-electron chi connectivity index (χ3n) is 2.99. The van der Waals surface area contributed by atoms with Crippen molar-refractivity contribution in [3.05, 3.63) is 0 Å². The lowest BCUT2D eigenvalue weighted by molar-refractivity contribution is 0.258. The summed E-state index contributed by atoms with van der Waals surface area (Å²) in [6.07, 6.45) is 2.38. The van der Waals surface area contributed by atoms with Crippen LogP contribution in [0.1, 0.15) is 19.8 Å². The summed E-state index contributed by atoms with van der Waals surface area (Å²) in [5.74, 6) is 0. The molecule has 3 nitrogen and oxygen atoms in total. The molecule has 0 aromatic rings. The lowest BCUT2D eigenvalue weighted by Gasteiger charge is -2.22. The van der Waals surface area contributed by atoms with Crippen molar-refractivity contribution < 1.29 is 0 Å². The molecule has 1 fully saturated rings. The van der Waals surface area contributed by atoms with Crippen LogP contribution in [0.25, 0.3) is 0 Å². The lowest BCUT2D eigenvalue weighted by Crippen LogP contribution is -2.38. The van der Waals surface area contributed by atoms with E-state index in [-0.39, 0.29) is 0 Å². The second-order valence-electron chi connectivity index (χ2n) is 4.33. The van der Waals surface area contributed by atoms with Crippen LogP contribution in [0, 0.1) is 0 Å². The number of likely N-dealkylation sites (N-methyl/N-ethyl adjacent to an activating group) is 1. The highest BCUT2D eigenvalue weighted by molar-refractivity contribution is 4.82. The van der Waals surface area contributed by atoms with Gasteiger partial charge in [0.05, 0.1) is 0 Å². The maximum absolute atomic E-state index is 5.92. The Hall–Kier alpha value is -0.120. The largest absolute Gasteiger partial charge is 0.327 e. The van der Waals surface area contributed by atoms with Crippen molar-refractivity contribution in [1.82, 2.24) is 9.80 Å². The molecule has 0 bridgehead atoms. The topological polar surface area (TPSA) is 32.5 Å². The zero-order chi connectivity index (χ0) is 9.84. The highest BCUT2D eigenvalue weighted by atomic mass is 15.2. The Labute approximate surface area is 81.9 Å². The van der Waals surface area contributed by atoms with Crippen LogP contribution in [-0.2, 0) is 0 Å². The lowest BCUT2D eigenvalue weighted by atomic mass is 10.2. The van der Waals surface area contributed by atoms with Crippen LogP contribution in [0.5, 0.6) is 0 Å². The molecule has 1 rings (SSSR count). The molecule has 2 atom stereocenters. The fourth-order valence-corrected chi connectivity index (χ4v) is 1.86. The average Bonchev–Trinajstić information content (AvgIpc) is 2.52. The van der Waals surface area contributed by atoms with Gasteiger partial charge in [-0.3, -0.25) is 0 Å². The van der Waals surface area contributed by atoms with E-state index < -0.39 is 0 Å². The Bertz CT molecular complexity index is 147.